The van der Waals surface area contributed by atoms with Crippen LogP contribution in [-0.4, -0.2) is 19.1 Å². The van der Waals surface area contributed by atoms with Crippen LogP contribution in [0.2, 0.25) is 0 Å². The molecule has 2 aromatic rings. The highest BCUT2D eigenvalue weighted by molar-refractivity contribution is 6.02. The highest BCUT2D eigenvalue weighted by atomic mass is 16.5. The predicted octanol–water partition coefficient (Wildman–Crippen LogP) is 4.44. The van der Waals surface area contributed by atoms with Crippen LogP contribution in [0.25, 0.3) is 6.08 Å². The van der Waals surface area contributed by atoms with Crippen molar-refractivity contribution in [2.75, 3.05) is 12.4 Å². The molecule has 4 nitrogen and oxygen atoms in total. The van der Waals surface area contributed by atoms with Gasteiger partial charge in [0, 0.05) is 11.8 Å². The SMILES string of the molecule is COc1cc(C=CC(=O)Nc2ccccc2C)ccc1OC(C)C. The van der Waals surface area contributed by atoms with Crippen molar-refractivity contribution in [1.29, 1.82) is 0 Å². The number of amides is 1. The molecule has 24 heavy (non-hydrogen) atoms. The fourth-order valence-electron chi connectivity index (χ4n) is 2.20. The topological polar surface area (TPSA) is 47.6 Å². The number of ether oxygens (including phenoxy) is 2. The van der Waals surface area contributed by atoms with Crippen molar-refractivity contribution >= 4 is 17.7 Å². The Morgan fingerprint density at radius 2 is 1.88 bits per heavy atom. The lowest BCUT2D eigenvalue weighted by atomic mass is 10.1. The number of benzene rings is 2. The molecule has 126 valence electrons. The number of para-hydroxylation sites is 1. The summed E-state index contributed by atoms with van der Waals surface area (Å²) in [5.41, 5.74) is 2.70. The third kappa shape index (κ3) is 4.88. The summed E-state index contributed by atoms with van der Waals surface area (Å²) in [5, 5.41) is 2.86. The smallest absolute Gasteiger partial charge is 0.248 e. The van der Waals surface area contributed by atoms with Gasteiger partial charge in [-0.25, -0.2) is 0 Å². The van der Waals surface area contributed by atoms with Crippen LogP contribution in [-0.2, 0) is 4.79 Å². The van der Waals surface area contributed by atoms with Gasteiger partial charge in [0.05, 0.1) is 13.2 Å². The van der Waals surface area contributed by atoms with Crippen LogP contribution in [0.5, 0.6) is 11.5 Å². The second-order valence-corrected chi connectivity index (χ2v) is 5.71. The normalized spacial score (nSPS) is 10.9. The number of carbonyl (C=O) groups is 1. The lowest BCUT2D eigenvalue weighted by Gasteiger charge is -2.13. The van der Waals surface area contributed by atoms with Crippen molar-refractivity contribution < 1.29 is 14.3 Å². The molecule has 0 heterocycles. The van der Waals surface area contributed by atoms with Gasteiger partial charge in [-0.05, 0) is 56.2 Å². The lowest BCUT2D eigenvalue weighted by Crippen LogP contribution is -2.08. The molecule has 0 aliphatic rings. The van der Waals surface area contributed by atoms with Gasteiger partial charge in [0.25, 0.3) is 0 Å². The molecule has 0 aliphatic carbocycles. The van der Waals surface area contributed by atoms with Gasteiger partial charge in [-0.3, -0.25) is 4.79 Å². The van der Waals surface area contributed by atoms with E-state index in [4.69, 9.17) is 9.47 Å². The van der Waals surface area contributed by atoms with E-state index in [1.807, 2.05) is 63.2 Å². The molecule has 0 bridgehead atoms. The summed E-state index contributed by atoms with van der Waals surface area (Å²) < 4.78 is 11.0. The Morgan fingerprint density at radius 3 is 2.54 bits per heavy atom. The van der Waals surface area contributed by atoms with E-state index in [0.29, 0.717) is 11.5 Å². The molecule has 1 amide bonds. The van der Waals surface area contributed by atoms with Crippen LogP contribution >= 0.6 is 0 Å². The highest BCUT2D eigenvalue weighted by Gasteiger charge is 2.07. The number of carbonyl (C=O) groups excluding carboxylic acids is 1. The van der Waals surface area contributed by atoms with Crippen LogP contribution in [0.3, 0.4) is 0 Å². The van der Waals surface area contributed by atoms with Gasteiger partial charge in [0.1, 0.15) is 0 Å². The van der Waals surface area contributed by atoms with Gasteiger partial charge in [0.15, 0.2) is 11.5 Å². The zero-order chi connectivity index (χ0) is 17.5. The van der Waals surface area contributed by atoms with Crippen LogP contribution in [0, 0.1) is 6.92 Å². The quantitative estimate of drug-likeness (QED) is 0.799. The van der Waals surface area contributed by atoms with E-state index in [2.05, 4.69) is 5.32 Å². The third-order valence-electron chi connectivity index (χ3n) is 3.38. The van der Waals surface area contributed by atoms with Gasteiger partial charge < -0.3 is 14.8 Å². The molecule has 0 unspecified atom stereocenters. The molecule has 0 spiro atoms. The molecule has 0 aromatic heterocycles. The molecule has 2 aromatic carbocycles. The zero-order valence-electron chi connectivity index (χ0n) is 14.5. The van der Waals surface area contributed by atoms with Crippen molar-refractivity contribution in [3.63, 3.8) is 0 Å². The first-order valence-corrected chi connectivity index (χ1v) is 7.89. The first-order valence-electron chi connectivity index (χ1n) is 7.89. The lowest BCUT2D eigenvalue weighted by molar-refractivity contribution is -0.111. The van der Waals surface area contributed by atoms with Gasteiger partial charge >= 0.3 is 0 Å². The molecule has 0 fully saturated rings. The monoisotopic (exact) mass is 325 g/mol. The zero-order valence-corrected chi connectivity index (χ0v) is 14.5. The number of hydrogen-bond acceptors (Lipinski definition) is 3. The molecule has 2 rings (SSSR count). The summed E-state index contributed by atoms with van der Waals surface area (Å²) in [7, 11) is 1.60. The molecule has 0 saturated carbocycles. The molecule has 0 saturated heterocycles. The summed E-state index contributed by atoms with van der Waals surface area (Å²) in [6, 6.07) is 13.2. The molecule has 0 atom stereocenters. The molecule has 0 aliphatic heterocycles. The van der Waals surface area contributed by atoms with E-state index < -0.39 is 0 Å². The number of anilines is 1. The largest absolute Gasteiger partial charge is 0.493 e. The Kier molecular flexibility index (Phi) is 6.01. The summed E-state index contributed by atoms with van der Waals surface area (Å²) in [6.07, 6.45) is 3.32. The average molecular weight is 325 g/mol. The van der Waals surface area contributed by atoms with Crippen molar-refractivity contribution in [2.45, 2.75) is 26.9 Å². The fraction of sp³-hybridized carbons (Fsp3) is 0.250. The maximum Gasteiger partial charge on any atom is 0.248 e. The van der Waals surface area contributed by atoms with E-state index in [1.54, 1.807) is 13.2 Å². The summed E-state index contributed by atoms with van der Waals surface area (Å²) in [5.74, 6) is 1.16. The van der Waals surface area contributed by atoms with Gasteiger partial charge in [-0.2, -0.15) is 0 Å². The number of nitrogens with one attached hydrogen (secondary N) is 1. The summed E-state index contributed by atoms with van der Waals surface area (Å²) in [4.78, 5) is 12.1. The Hall–Kier alpha value is -2.75. The first-order chi connectivity index (χ1) is 11.5. The second-order valence-electron chi connectivity index (χ2n) is 5.71. The van der Waals surface area contributed by atoms with E-state index in [1.165, 1.54) is 6.08 Å². The minimum Gasteiger partial charge on any atom is -0.493 e. The summed E-state index contributed by atoms with van der Waals surface area (Å²) in [6.45, 7) is 5.88. The fourth-order valence-corrected chi connectivity index (χ4v) is 2.20. The van der Waals surface area contributed by atoms with Crippen LogP contribution in [0.15, 0.2) is 48.5 Å². The minimum absolute atomic E-state index is 0.0696. The third-order valence-corrected chi connectivity index (χ3v) is 3.38. The molecule has 1 N–H and O–H groups in total. The Bertz CT molecular complexity index is 735. The first kappa shape index (κ1) is 17.6. The Labute approximate surface area is 143 Å². The predicted molar refractivity (Wildman–Crippen MR) is 97.6 cm³/mol. The second kappa shape index (κ2) is 8.20. The van der Waals surface area contributed by atoms with Crippen molar-refractivity contribution in [1.82, 2.24) is 0 Å². The number of rotatable bonds is 6. The van der Waals surface area contributed by atoms with E-state index in [9.17, 15) is 4.79 Å². The van der Waals surface area contributed by atoms with E-state index in [-0.39, 0.29) is 12.0 Å². The van der Waals surface area contributed by atoms with Gasteiger partial charge in [-0.15, -0.1) is 0 Å². The number of methoxy groups -OCH3 is 1. The molecule has 4 heteroatoms. The van der Waals surface area contributed by atoms with Crippen LogP contribution < -0.4 is 14.8 Å². The Morgan fingerprint density at radius 1 is 1.12 bits per heavy atom. The van der Waals surface area contributed by atoms with Gasteiger partial charge in [0.2, 0.25) is 5.91 Å². The minimum atomic E-state index is -0.175. The van der Waals surface area contributed by atoms with Crippen LogP contribution in [0.4, 0.5) is 5.69 Å². The summed E-state index contributed by atoms with van der Waals surface area (Å²) >= 11 is 0. The standard InChI is InChI=1S/C20H23NO3/c1-14(2)24-18-11-9-16(13-19(18)23-4)10-12-20(22)21-17-8-6-5-7-15(17)3/h5-14H,1-4H3,(H,21,22). The highest BCUT2D eigenvalue weighted by Crippen LogP contribution is 2.29. The van der Waals surface area contributed by atoms with Crippen molar-refractivity contribution in [2.24, 2.45) is 0 Å². The van der Waals surface area contributed by atoms with Crippen LogP contribution in [0.1, 0.15) is 25.0 Å². The van der Waals surface area contributed by atoms with Gasteiger partial charge in [-0.1, -0.05) is 24.3 Å². The molecular formula is C20H23NO3. The van der Waals surface area contributed by atoms with E-state index in [0.717, 1.165) is 16.8 Å². The molecular weight excluding hydrogens is 302 g/mol. The van der Waals surface area contributed by atoms with Crippen molar-refractivity contribution in [3.8, 4) is 11.5 Å². The maximum absolute atomic E-state index is 12.1. The Balaban J connectivity index is 2.08. The molecule has 0 radical (unpaired) electrons. The van der Waals surface area contributed by atoms with Crippen molar-refractivity contribution in [3.05, 3.63) is 59.7 Å². The number of aryl methyl sites for hydroxylation is 1. The number of hydrogen-bond donors (Lipinski definition) is 1. The maximum atomic E-state index is 12.1. The van der Waals surface area contributed by atoms with E-state index >= 15 is 0 Å². The average Bonchev–Trinajstić information content (AvgIpc) is 2.55.